The smallest absolute Gasteiger partial charge is 0.0288 e. The van der Waals surface area contributed by atoms with Crippen LogP contribution in [0.15, 0.2) is 21.5 Å². The zero-order valence-electron chi connectivity index (χ0n) is 11.3. The van der Waals surface area contributed by atoms with Gasteiger partial charge in [-0.2, -0.15) is 0 Å². The molecule has 96 valence electrons. The van der Waals surface area contributed by atoms with Gasteiger partial charge in [-0.15, -0.1) is 11.3 Å². The number of thiophene rings is 1. The van der Waals surface area contributed by atoms with Crippen LogP contribution in [-0.4, -0.2) is 12.1 Å². The van der Waals surface area contributed by atoms with E-state index in [-0.39, 0.29) is 5.54 Å². The third-order valence-corrected chi connectivity index (χ3v) is 4.12. The van der Waals surface area contributed by atoms with Gasteiger partial charge in [-0.25, -0.2) is 0 Å². The average molecular weight is 316 g/mol. The van der Waals surface area contributed by atoms with Gasteiger partial charge in [0.05, 0.1) is 0 Å². The lowest BCUT2D eigenvalue weighted by molar-refractivity contribution is 0.437. The van der Waals surface area contributed by atoms with E-state index in [0.29, 0.717) is 5.92 Å². The van der Waals surface area contributed by atoms with E-state index in [0.717, 1.165) is 6.54 Å². The summed E-state index contributed by atoms with van der Waals surface area (Å²) in [5.74, 6) is 0.575. The second-order valence-electron chi connectivity index (χ2n) is 5.64. The van der Waals surface area contributed by atoms with Gasteiger partial charge in [-0.05, 0) is 54.8 Å². The molecule has 0 saturated heterocycles. The van der Waals surface area contributed by atoms with E-state index in [9.17, 15) is 0 Å². The summed E-state index contributed by atoms with van der Waals surface area (Å²) in [5.41, 5.74) is 1.62. The Kier molecular flexibility index (Phi) is 5.42. The topological polar surface area (TPSA) is 12.0 Å². The maximum Gasteiger partial charge on any atom is 0.0288 e. The van der Waals surface area contributed by atoms with Crippen LogP contribution in [0.25, 0.3) is 6.08 Å². The minimum Gasteiger partial charge on any atom is -0.308 e. The Balaban J connectivity index is 2.76. The second kappa shape index (κ2) is 6.17. The second-order valence-corrected chi connectivity index (χ2v) is 7.50. The van der Waals surface area contributed by atoms with Crippen molar-refractivity contribution in [3.8, 4) is 0 Å². The van der Waals surface area contributed by atoms with Gasteiger partial charge in [0.1, 0.15) is 0 Å². The van der Waals surface area contributed by atoms with Crippen LogP contribution < -0.4 is 5.32 Å². The SMILES string of the molecule is CC(C)C(=Cc1cc(Br)cs1)CNC(C)(C)C. The summed E-state index contributed by atoms with van der Waals surface area (Å²) >= 11 is 5.27. The zero-order chi connectivity index (χ0) is 13.1. The Morgan fingerprint density at radius 3 is 2.53 bits per heavy atom. The van der Waals surface area contributed by atoms with Crippen molar-refractivity contribution in [2.45, 2.75) is 40.2 Å². The van der Waals surface area contributed by atoms with Crippen molar-refractivity contribution < 1.29 is 0 Å². The van der Waals surface area contributed by atoms with Gasteiger partial charge in [0.15, 0.2) is 0 Å². The Morgan fingerprint density at radius 2 is 2.12 bits per heavy atom. The molecule has 0 aromatic carbocycles. The van der Waals surface area contributed by atoms with Crippen LogP contribution in [-0.2, 0) is 0 Å². The highest BCUT2D eigenvalue weighted by Gasteiger charge is 2.11. The molecule has 1 aromatic heterocycles. The van der Waals surface area contributed by atoms with Crippen LogP contribution in [0.4, 0.5) is 0 Å². The molecule has 1 N–H and O–H groups in total. The van der Waals surface area contributed by atoms with Gasteiger partial charge in [0.2, 0.25) is 0 Å². The van der Waals surface area contributed by atoms with Crippen molar-refractivity contribution in [3.63, 3.8) is 0 Å². The first-order valence-electron chi connectivity index (χ1n) is 5.97. The summed E-state index contributed by atoms with van der Waals surface area (Å²) < 4.78 is 1.17. The molecule has 17 heavy (non-hydrogen) atoms. The van der Waals surface area contributed by atoms with Gasteiger partial charge in [-0.1, -0.05) is 19.4 Å². The zero-order valence-corrected chi connectivity index (χ0v) is 13.7. The molecule has 0 aliphatic heterocycles. The summed E-state index contributed by atoms with van der Waals surface area (Å²) in [5, 5.41) is 5.68. The van der Waals surface area contributed by atoms with E-state index < -0.39 is 0 Å². The molecule has 0 atom stereocenters. The van der Waals surface area contributed by atoms with E-state index >= 15 is 0 Å². The molecule has 0 spiro atoms. The van der Waals surface area contributed by atoms with Gasteiger partial charge < -0.3 is 5.32 Å². The van der Waals surface area contributed by atoms with Crippen LogP contribution in [0.1, 0.15) is 39.5 Å². The van der Waals surface area contributed by atoms with Crippen LogP contribution in [0.2, 0.25) is 0 Å². The molecule has 3 heteroatoms. The normalized spacial score (nSPS) is 13.5. The molecule has 0 bridgehead atoms. The fourth-order valence-electron chi connectivity index (χ4n) is 1.38. The predicted octanol–water partition coefficient (Wildman–Crippen LogP) is 4.94. The summed E-state index contributed by atoms with van der Waals surface area (Å²) in [6, 6.07) is 2.17. The molecular weight excluding hydrogens is 294 g/mol. The highest BCUT2D eigenvalue weighted by atomic mass is 79.9. The van der Waals surface area contributed by atoms with Gasteiger partial charge in [0.25, 0.3) is 0 Å². The number of rotatable bonds is 4. The third-order valence-electron chi connectivity index (χ3n) is 2.48. The van der Waals surface area contributed by atoms with E-state index in [4.69, 9.17) is 0 Å². The Labute approximate surface area is 117 Å². The Hall–Kier alpha value is -0.120. The largest absolute Gasteiger partial charge is 0.308 e. The van der Waals surface area contributed by atoms with E-state index in [1.54, 1.807) is 11.3 Å². The van der Waals surface area contributed by atoms with Crippen molar-refractivity contribution in [2.75, 3.05) is 6.54 Å². The van der Waals surface area contributed by atoms with Gasteiger partial charge >= 0.3 is 0 Å². The minimum absolute atomic E-state index is 0.171. The molecule has 1 rings (SSSR count). The van der Waals surface area contributed by atoms with Crippen molar-refractivity contribution >= 4 is 33.3 Å². The Morgan fingerprint density at radius 1 is 1.47 bits per heavy atom. The van der Waals surface area contributed by atoms with Crippen molar-refractivity contribution in [2.24, 2.45) is 5.92 Å². The van der Waals surface area contributed by atoms with Crippen LogP contribution in [0.5, 0.6) is 0 Å². The van der Waals surface area contributed by atoms with E-state index in [1.165, 1.54) is 14.9 Å². The number of nitrogens with one attached hydrogen (secondary N) is 1. The first-order chi connectivity index (χ1) is 7.78. The van der Waals surface area contributed by atoms with E-state index in [2.05, 4.69) is 73.4 Å². The molecule has 1 nitrogen and oxygen atoms in total. The molecule has 0 radical (unpaired) electrons. The first kappa shape index (κ1) is 14.9. The summed E-state index contributed by atoms with van der Waals surface area (Å²) in [6.07, 6.45) is 2.30. The molecule has 0 saturated carbocycles. The van der Waals surface area contributed by atoms with Crippen molar-refractivity contribution in [1.82, 2.24) is 5.32 Å². The first-order valence-corrected chi connectivity index (χ1v) is 7.65. The molecule has 0 aliphatic rings. The Bertz CT molecular complexity index is 385. The minimum atomic E-state index is 0.171. The molecule has 0 aliphatic carbocycles. The van der Waals surface area contributed by atoms with Crippen molar-refractivity contribution in [3.05, 3.63) is 26.4 Å². The summed E-state index contributed by atoms with van der Waals surface area (Å²) in [4.78, 5) is 1.32. The number of halogens is 1. The summed E-state index contributed by atoms with van der Waals surface area (Å²) in [7, 11) is 0. The maximum atomic E-state index is 3.55. The third kappa shape index (κ3) is 5.84. The highest BCUT2D eigenvalue weighted by Crippen LogP contribution is 2.24. The standard InChI is InChI=1S/C14H22BrNS/c1-10(2)11(8-16-14(3,4)5)6-13-7-12(15)9-17-13/h6-7,9-10,16H,8H2,1-5H3. The van der Waals surface area contributed by atoms with Gasteiger partial charge in [0, 0.05) is 26.8 Å². The van der Waals surface area contributed by atoms with Crippen LogP contribution in [0, 0.1) is 5.92 Å². The van der Waals surface area contributed by atoms with Crippen molar-refractivity contribution in [1.29, 1.82) is 0 Å². The van der Waals surface area contributed by atoms with E-state index in [1.807, 2.05) is 0 Å². The average Bonchev–Trinajstić information content (AvgIpc) is 2.56. The molecule has 0 fully saturated rings. The predicted molar refractivity (Wildman–Crippen MR) is 82.6 cm³/mol. The van der Waals surface area contributed by atoms with Gasteiger partial charge in [-0.3, -0.25) is 0 Å². The monoisotopic (exact) mass is 315 g/mol. The lowest BCUT2D eigenvalue weighted by Crippen LogP contribution is -2.37. The lowest BCUT2D eigenvalue weighted by atomic mass is 10.0. The molecule has 0 amide bonds. The number of hydrogen-bond donors (Lipinski definition) is 1. The molecular formula is C14H22BrNS. The fourth-order valence-corrected chi connectivity index (χ4v) is 2.79. The van der Waals surface area contributed by atoms with Crippen LogP contribution in [0.3, 0.4) is 0 Å². The fraction of sp³-hybridized carbons (Fsp3) is 0.571. The maximum absolute atomic E-state index is 3.55. The quantitative estimate of drug-likeness (QED) is 0.830. The molecule has 0 unspecified atom stereocenters. The lowest BCUT2D eigenvalue weighted by Gasteiger charge is -2.23. The number of hydrogen-bond acceptors (Lipinski definition) is 2. The molecule has 1 aromatic rings. The summed E-state index contributed by atoms with van der Waals surface area (Å²) in [6.45, 7) is 12.1. The molecule has 1 heterocycles. The highest BCUT2D eigenvalue weighted by molar-refractivity contribution is 9.10. The van der Waals surface area contributed by atoms with Crippen LogP contribution >= 0.6 is 27.3 Å².